The Bertz CT molecular complexity index is 723. The molecule has 0 spiro atoms. The number of nitrogens with one attached hydrogen (secondary N) is 1. The standard InChI is InChI=1S/C13H14BrFN2O4S/c1-22(20,21)5-4-11-12(18)17(13(19)16-11)7-8-2-3-9(15)6-10(8)14/h2-3,6,11H,4-5,7H2,1H3,(H,16,19). The van der Waals surface area contributed by atoms with Crippen LogP contribution in [0.2, 0.25) is 0 Å². The molecule has 6 nitrogen and oxygen atoms in total. The van der Waals surface area contributed by atoms with E-state index in [0.717, 1.165) is 11.2 Å². The molecule has 0 saturated carbocycles. The van der Waals surface area contributed by atoms with Crippen LogP contribution >= 0.6 is 15.9 Å². The zero-order valence-electron chi connectivity index (χ0n) is 11.7. The average molecular weight is 393 g/mol. The summed E-state index contributed by atoms with van der Waals surface area (Å²) in [6.45, 7) is -0.0130. The zero-order valence-corrected chi connectivity index (χ0v) is 14.1. The number of imide groups is 1. The Morgan fingerprint density at radius 2 is 2.05 bits per heavy atom. The second-order valence-electron chi connectivity index (χ2n) is 5.08. The third-order valence-electron chi connectivity index (χ3n) is 3.23. The smallest absolute Gasteiger partial charge is 0.325 e. The van der Waals surface area contributed by atoms with Gasteiger partial charge in [0.1, 0.15) is 21.7 Å². The summed E-state index contributed by atoms with van der Waals surface area (Å²) in [5.41, 5.74) is 0.577. The molecular weight excluding hydrogens is 379 g/mol. The molecule has 1 aliphatic rings. The minimum Gasteiger partial charge on any atom is -0.326 e. The second-order valence-corrected chi connectivity index (χ2v) is 8.19. The van der Waals surface area contributed by atoms with E-state index in [4.69, 9.17) is 0 Å². The molecule has 1 heterocycles. The van der Waals surface area contributed by atoms with Crippen LogP contribution in [-0.4, -0.2) is 43.3 Å². The van der Waals surface area contributed by atoms with E-state index in [-0.39, 0.29) is 18.7 Å². The summed E-state index contributed by atoms with van der Waals surface area (Å²) in [7, 11) is -3.21. The van der Waals surface area contributed by atoms with Crippen molar-refractivity contribution in [3.8, 4) is 0 Å². The van der Waals surface area contributed by atoms with E-state index in [2.05, 4.69) is 21.2 Å². The number of halogens is 2. The van der Waals surface area contributed by atoms with Crippen LogP contribution < -0.4 is 5.32 Å². The summed E-state index contributed by atoms with van der Waals surface area (Å²) < 4.78 is 35.8. The maximum atomic E-state index is 13.0. The number of urea groups is 1. The van der Waals surface area contributed by atoms with E-state index >= 15 is 0 Å². The Labute approximate surface area is 135 Å². The Balaban J connectivity index is 2.09. The van der Waals surface area contributed by atoms with Crippen LogP contribution in [0.5, 0.6) is 0 Å². The van der Waals surface area contributed by atoms with Gasteiger partial charge in [0.15, 0.2) is 0 Å². The molecule has 1 atom stereocenters. The molecule has 1 N–H and O–H groups in total. The van der Waals surface area contributed by atoms with Crippen LogP contribution in [0.4, 0.5) is 9.18 Å². The molecule has 2 rings (SSSR count). The quantitative estimate of drug-likeness (QED) is 0.768. The number of hydrogen-bond donors (Lipinski definition) is 1. The fourth-order valence-electron chi connectivity index (χ4n) is 2.07. The van der Waals surface area contributed by atoms with E-state index in [1.807, 2.05) is 0 Å². The third-order valence-corrected chi connectivity index (χ3v) is 4.94. The topological polar surface area (TPSA) is 83.6 Å². The van der Waals surface area contributed by atoms with Crippen molar-refractivity contribution < 1.29 is 22.4 Å². The molecule has 0 aromatic heterocycles. The van der Waals surface area contributed by atoms with E-state index in [9.17, 15) is 22.4 Å². The Hall–Kier alpha value is -1.48. The highest BCUT2D eigenvalue weighted by Crippen LogP contribution is 2.22. The fraction of sp³-hybridized carbons (Fsp3) is 0.385. The number of hydrogen-bond acceptors (Lipinski definition) is 4. The van der Waals surface area contributed by atoms with Gasteiger partial charge in [-0.05, 0) is 24.1 Å². The predicted octanol–water partition coefficient (Wildman–Crippen LogP) is 1.44. The van der Waals surface area contributed by atoms with Gasteiger partial charge in [0.05, 0.1) is 12.3 Å². The third kappa shape index (κ3) is 4.04. The molecule has 1 aromatic carbocycles. The van der Waals surface area contributed by atoms with Gasteiger partial charge in [-0.1, -0.05) is 22.0 Å². The van der Waals surface area contributed by atoms with Gasteiger partial charge >= 0.3 is 6.03 Å². The van der Waals surface area contributed by atoms with Crippen LogP contribution in [0, 0.1) is 5.82 Å². The lowest BCUT2D eigenvalue weighted by atomic mass is 10.2. The van der Waals surface area contributed by atoms with Crippen molar-refractivity contribution in [1.29, 1.82) is 0 Å². The first-order valence-corrected chi connectivity index (χ1v) is 9.26. The van der Waals surface area contributed by atoms with Crippen LogP contribution in [0.3, 0.4) is 0 Å². The molecule has 1 aliphatic heterocycles. The van der Waals surface area contributed by atoms with E-state index in [0.29, 0.717) is 10.0 Å². The first-order chi connectivity index (χ1) is 10.2. The lowest BCUT2D eigenvalue weighted by Gasteiger charge is -2.14. The van der Waals surface area contributed by atoms with Gasteiger partial charge < -0.3 is 5.32 Å². The van der Waals surface area contributed by atoms with Crippen molar-refractivity contribution >= 4 is 37.7 Å². The highest BCUT2D eigenvalue weighted by atomic mass is 79.9. The molecule has 0 radical (unpaired) electrons. The van der Waals surface area contributed by atoms with Crippen molar-refractivity contribution in [3.05, 3.63) is 34.1 Å². The molecule has 22 heavy (non-hydrogen) atoms. The van der Waals surface area contributed by atoms with Gasteiger partial charge in [-0.3, -0.25) is 9.69 Å². The van der Waals surface area contributed by atoms with Crippen molar-refractivity contribution in [2.75, 3.05) is 12.0 Å². The number of benzene rings is 1. The maximum absolute atomic E-state index is 13.0. The number of carbonyl (C=O) groups excluding carboxylic acids is 2. The number of sulfone groups is 1. The van der Waals surface area contributed by atoms with Gasteiger partial charge in [-0.2, -0.15) is 0 Å². The second kappa shape index (κ2) is 6.33. The highest BCUT2D eigenvalue weighted by molar-refractivity contribution is 9.10. The summed E-state index contributed by atoms with van der Waals surface area (Å²) in [5, 5.41) is 2.46. The van der Waals surface area contributed by atoms with Gasteiger partial charge in [0, 0.05) is 10.7 Å². The minimum atomic E-state index is -3.21. The number of carbonyl (C=O) groups is 2. The Morgan fingerprint density at radius 3 is 2.64 bits per heavy atom. The Kier molecular flexibility index (Phi) is 4.86. The molecule has 120 valence electrons. The number of amides is 3. The van der Waals surface area contributed by atoms with E-state index in [1.54, 1.807) is 0 Å². The lowest BCUT2D eigenvalue weighted by Crippen LogP contribution is -2.32. The van der Waals surface area contributed by atoms with Gasteiger partial charge in [0.25, 0.3) is 5.91 Å². The molecule has 0 bridgehead atoms. The molecule has 9 heteroatoms. The van der Waals surface area contributed by atoms with Crippen LogP contribution in [-0.2, 0) is 21.2 Å². The first-order valence-electron chi connectivity index (χ1n) is 6.41. The van der Waals surface area contributed by atoms with Crippen molar-refractivity contribution in [3.63, 3.8) is 0 Å². The largest absolute Gasteiger partial charge is 0.326 e. The molecule has 0 aliphatic carbocycles. The van der Waals surface area contributed by atoms with Crippen LogP contribution in [0.15, 0.2) is 22.7 Å². The summed E-state index contributed by atoms with van der Waals surface area (Å²) >= 11 is 3.18. The maximum Gasteiger partial charge on any atom is 0.325 e. The molecule has 1 fully saturated rings. The molecule has 3 amide bonds. The summed E-state index contributed by atoms with van der Waals surface area (Å²) in [5.74, 6) is -1.10. The SMILES string of the molecule is CS(=O)(=O)CCC1NC(=O)N(Cc2ccc(F)cc2Br)C1=O. The minimum absolute atomic E-state index is 0.0130. The predicted molar refractivity (Wildman–Crippen MR) is 81.3 cm³/mol. The number of nitrogens with zero attached hydrogens (tertiary/aromatic N) is 1. The van der Waals surface area contributed by atoms with E-state index < -0.39 is 33.6 Å². The number of rotatable bonds is 5. The summed E-state index contributed by atoms with van der Waals surface area (Å²) in [6, 6.07) is 2.53. The van der Waals surface area contributed by atoms with E-state index in [1.165, 1.54) is 18.2 Å². The van der Waals surface area contributed by atoms with Crippen molar-refractivity contribution in [2.45, 2.75) is 19.0 Å². The average Bonchev–Trinajstić information content (AvgIpc) is 2.66. The summed E-state index contributed by atoms with van der Waals surface area (Å²) in [4.78, 5) is 25.0. The van der Waals surface area contributed by atoms with Crippen molar-refractivity contribution in [2.24, 2.45) is 0 Å². The zero-order chi connectivity index (χ0) is 16.5. The molecule has 1 unspecified atom stereocenters. The molecule has 1 saturated heterocycles. The normalized spacial score (nSPS) is 18.7. The monoisotopic (exact) mass is 392 g/mol. The Morgan fingerprint density at radius 1 is 1.36 bits per heavy atom. The van der Waals surface area contributed by atoms with Crippen LogP contribution in [0.1, 0.15) is 12.0 Å². The van der Waals surface area contributed by atoms with Gasteiger partial charge in [-0.25, -0.2) is 17.6 Å². The van der Waals surface area contributed by atoms with Crippen LogP contribution in [0.25, 0.3) is 0 Å². The van der Waals surface area contributed by atoms with Crippen molar-refractivity contribution in [1.82, 2.24) is 10.2 Å². The molecule has 1 aromatic rings. The van der Waals surface area contributed by atoms with Gasteiger partial charge in [-0.15, -0.1) is 0 Å². The lowest BCUT2D eigenvalue weighted by molar-refractivity contribution is -0.127. The molecular formula is C13H14BrFN2O4S. The summed E-state index contributed by atoms with van der Waals surface area (Å²) in [6.07, 6.45) is 1.10. The first kappa shape index (κ1) is 16.9. The fourth-order valence-corrected chi connectivity index (χ4v) is 3.21. The van der Waals surface area contributed by atoms with Gasteiger partial charge in [0.2, 0.25) is 0 Å². The highest BCUT2D eigenvalue weighted by Gasteiger charge is 2.38.